The van der Waals surface area contributed by atoms with Crippen molar-refractivity contribution in [1.29, 1.82) is 0 Å². The number of hydrogen-bond donors (Lipinski definition) is 1. The number of piperidine rings is 1. The fourth-order valence-corrected chi connectivity index (χ4v) is 3.69. The van der Waals surface area contributed by atoms with Crippen LogP contribution < -0.4 is 15.0 Å². The third-order valence-corrected chi connectivity index (χ3v) is 4.82. The van der Waals surface area contributed by atoms with Crippen LogP contribution in [0.2, 0.25) is 0 Å². The minimum absolute atomic E-state index is 0.115. The van der Waals surface area contributed by atoms with Crippen LogP contribution in [-0.4, -0.2) is 66.1 Å². The molecule has 132 valence electrons. The molecule has 3 heterocycles. The normalized spacial score (nSPS) is 25.6. The van der Waals surface area contributed by atoms with E-state index < -0.39 is 0 Å². The number of carbonyl (C=O) groups is 1. The fourth-order valence-electron chi connectivity index (χ4n) is 3.69. The van der Waals surface area contributed by atoms with Crippen molar-refractivity contribution in [3.05, 3.63) is 12.3 Å². The lowest BCUT2D eigenvalue weighted by molar-refractivity contribution is -0.138. The average molecular weight is 333 g/mol. The van der Waals surface area contributed by atoms with E-state index in [0.29, 0.717) is 29.8 Å². The summed E-state index contributed by atoms with van der Waals surface area (Å²) in [5, 5.41) is 3.48. The molecule has 0 saturated carbocycles. The SMILES string of the molecule is COc1ccnc(N2CCC(C(=O)N3C[C@H](C)N[C@@H](C)C3)CC2)n1. The van der Waals surface area contributed by atoms with Crippen LogP contribution in [0, 0.1) is 5.92 Å². The molecular weight excluding hydrogens is 306 g/mol. The zero-order chi connectivity index (χ0) is 17.1. The summed E-state index contributed by atoms with van der Waals surface area (Å²) < 4.78 is 5.16. The Balaban J connectivity index is 1.57. The monoisotopic (exact) mass is 333 g/mol. The molecule has 2 saturated heterocycles. The van der Waals surface area contributed by atoms with Crippen molar-refractivity contribution in [3.63, 3.8) is 0 Å². The second-order valence-corrected chi connectivity index (χ2v) is 6.87. The van der Waals surface area contributed by atoms with Gasteiger partial charge in [-0.3, -0.25) is 4.79 Å². The van der Waals surface area contributed by atoms with Crippen molar-refractivity contribution in [3.8, 4) is 5.88 Å². The summed E-state index contributed by atoms with van der Waals surface area (Å²) >= 11 is 0. The zero-order valence-electron chi connectivity index (χ0n) is 14.7. The van der Waals surface area contributed by atoms with Gasteiger partial charge >= 0.3 is 0 Å². The lowest BCUT2D eigenvalue weighted by Crippen LogP contribution is -2.57. The Morgan fingerprint density at radius 1 is 1.25 bits per heavy atom. The van der Waals surface area contributed by atoms with Gasteiger partial charge in [0.25, 0.3) is 0 Å². The van der Waals surface area contributed by atoms with Crippen molar-refractivity contribution in [2.24, 2.45) is 5.92 Å². The standard InChI is InChI=1S/C17H27N5O2/c1-12-10-22(11-13(2)19-12)16(23)14-5-8-21(9-6-14)17-18-7-4-15(20-17)24-3/h4,7,12-14,19H,5-6,8-11H2,1-3H3/t12-,13-/m0/s1. The van der Waals surface area contributed by atoms with E-state index >= 15 is 0 Å². The van der Waals surface area contributed by atoms with Gasteiger partial charge in [0.15, 0.2) is 0 Å². The Hall–Kier alpha value is -1.89. The highest BCUT2D eigenvalue weighted by Gasteiger charge is 2.32. The summed E-state index contributed by atoms with van der Waals surface area (Å²) in [5.74, 6) is 1.68. The van der Waals surface area contributed by atoms with Gasteiger partial charge in [-0.05, 0) is 26.7 Å². The van der Waals surface area contributed by atoms with Gasteiger partial charge in [0.1, 0.15) is 0 Å². The third kappa shape index (κ3) is 3.77. The average Bonchev–Trinajstić information content (AvgIpc) is 2.60. The first-order valence-electron chi connectivity index (χ1n) is 8.73. The Labute approximate surface area is 143 Å². The summed E-state index contributed by atoms with van der Waals surface area (Å²) in [6, 6.07) is 2.47. The summed E-state index contributed by atoms with van der Waals surface area (Å²) in [6.45, 7) is 7.50. The Morgan fingerprint density at radius 3 is 2.54 bits per heavy atom. The Morgan fingerprint density at radius 2 is 1.92 bits per heavy atom. The van der Waals surface area contributed by atoms with Gasteiger partial charge in [0.05, 0.1) is 7.11 Å². The highest BCUT2D eigenvalue weighted by molar-refractivity contribution is 5.79. The lowest BCUT2D eigenvalue weighted by atomic mass is 9.94. The maximum atomic E-state index is 12.8. The second-order valence-electron chi connectivity index (χ2n) is 6.87. The number of methoxy groups -OCH3 is 1. The molecule has 2 aliphatic heterocycles. The first kappa shape index (κ1) is 17.0. The molecule has 3 rings (SSSR count). The van der Waals surface area contributed by atoms with Gasteiger partial charge < -0.3 is 19.9 Å². The molecule has 7 nitrogen and oxygen atoms in total. The van der Waals surface area contributed by atoms with E-state index in [4.69, 9.17) is 4.74 Å². The van der Waals surface area contributed by atoms with Gasteiger partial charge in [-0.2, -0.15) is 4.98 Å². The number of aromatic nitrogens is 2. The largest absolute Gasteiger partial charge is 0.481 e. The van der Waals surface area contributed by atoms with Crippen LogP contribution in [0.4, 0.5) is 5.95 Å². The Kier molecular flexibility index (Phi) is 5.18. The van der Waals surface area contributed by atoms with Crippen LogP contribution in [0.1, 0.15) is 26.7 Å². The molecule has 0 bridgehead atoms. The van der Waals surface area contributed by atoms with Crippen molar-refractivity contribution in [2.75, 3.05) is 38.2 Å². The van der Waals surface area contributed by atoms with Gasteiger partial charge in [-0.1, -0.05) is 0 Å². The van der Waals surface area contributed by atoms with Crippen LogP contribution in [0.15, 0.2) is 12.3 Å². The summed E-state index contributed by atoms with van der Waals surface area (Å²) in [7, 11) is 1.60. The zero-order valence-corrected chi connectivity index (χ0v) is 14.7. The second kappa shape index (κ2) is 7.34. The molecule has 7 heteroatoms. The molecule has 0 aromatic carbocycles. The number of ether oxygens (including phenoxy) is 1. The number of rotatable bonds is 3. The summed E-state index contributed by atoms with van der Waals surface area (Å²) in [5.41, 5.74) is 0. The molecule has 2 atom stereocenters. The van der Waals surface area contributed by atoms with Crippen LogP contribution in [0.5, 0.6) is 5.88 Å². The number of nitrogens with one attached hydrogen (secondary N) is 1. The van der Waals surface area contributed by atoms with E-state index in [1.165, 1.54) is 0 Å². The van der Waals surface area contributed by atoms with E-state index in [0.717, 1.165) is 39.0 Å². The first-order chi connectivity index (χ1) is 11.6. The molecule has 0 spiro atoms. The molecule has 1 N–H and O–H groups in total. The van der Waals surface area contributed by atoms with Crippen molar-refractivity contribution in [2.45, 2.75) is 38.8 Å². The number of nitrogens with zero attached hydrogens (tertiary/aromatic N) is 4. The number of anilines is 1. The molecule has 1 aromatic heterocycles. The Bertz CT molecular complexity index is 564. The van der Waals surface area contributed by atoms with Crippen LogP contribution >= 0.6 is 0 Å². The molecule has 1 amide bonds. The van der Waals surface area contributed by atoms with Gasteiger partial charge in [-0.15, -0.1) is 0 Å². The quantitative estimate of drug-likeness (QED) is 0.887. The first-order valence-corrected chi connectivity index (χ1v) is 8.73. The predicted molar refractivity (Wildman–Crippen MR) is 92.2 cm³/mol. The number of amides is 1. The maximum absolute atomic E-state index is 12.8. The van der Waals surface area contributed by atoms with E-state index in [2.05, 4.69) is 34.0 Å². The maximum Gasteiger partial charge on any atom is 0.228 e. The fraction of sp³-hybridized carbons (Fsp3) is 0.706. The van der Waals surface area contributed by atoms with Gasteiger partial charge in [0, 0.05) is 56.4 Å². The number of carbonyl (C=O) groups excluding carboxylic acids is 1. The molecule has 2 aliphatic rings. The van der Waals surface area contributed by atoms with E-state index in [1.54, 1.807) is 19.4 Å². The van der Waals surface area contributed by atoms with Gasteiger partial charge in [0.2, 0.25) is 17.7 Å². The van der Waals surface area contributed by atoms with Crippen molar-refractivity contribution >= 4 is 11.9 Å². The van der Waals surface area contributed by atoms with E-state index in [-0.39, 0.29) is 5.92 Å². The molecule has 1 aromatic rings. The van der Waals surface area contributed by atoms with Crippen LogP contribution in [0.25, 0.3) is 0 Å². The van der Waals surface area contributed by atoms with E-state index in [9.17, 15) is 4.79 Å². The molecule has 0 radical (unpaired) electrons. The smallest absolute Gasteiger partial charge is 0.228 e. The summed E-state index contributed by atoms with van der Waals surface area (Å²) in [6.07, 6.45) is 3.42. The molecule has 2 fully saturated rings. The van der Waals surface area contributed by atoms with Crippen LogP contribution in [-0.2, 0) is 4.79 Å². The molecular formula is C17H27N5O2. The van der Waals surface area contributed by atoms with Crippen LogP contribution in [0.3, 0.4) is 0 Å². The highest BCUT2D eigenvalue weighted by Crippen LogP contribution is 2.24. The van der Waals surface area contributed by atoms with Crippen molar-refractivity contribution < 1.29 is 9.53 Å². The summed E-state index contributed by atoms with van der Waals surface area (Å²) in [4.78, 5) is 25.7. The molecule has 0 unspecified atom stereocenters. The molecule has 24 heavy (non-hydrogen) atoms. The minimum atomic E-state index is 0.115. The number of hydrogen-bond acceptors (Lipinski definition) is 6. The topological polar surface area (TPSA) is 70.6 Å². The highest BCUT2D eigenvalue weighted by atomic mass is 16.5. The van der Waals surface area contributed by atoms with E-state index in [1.807, 2.05) is 4.90 Å². The lowest BCUT2D eigenvalue weighted by Gasteiger charge is -2.39. The van der Waals surface area contributed by atoms with Gasteiger partial charge in [-0.25, -0.2) is 4.98 Å². The number of piperazine rings is 1. The minimum Gasteiger partial charge on any atom is -0.481 e. The van der Waals surface area contributed by atoms with Crippen molar-refractivity contribution in [1.82, 2.24) is 20.2 Å². The molecule has 0 aliphatic carbocycles. The third-order valence-electron chi connectivity index (χ3n) is 4.82. The predicted octanol–water partition coefficient (Wildman–Crippen LogP) is 0.910.